The Hall–Kier alpha value is -1.76. The molecule has 0 aromatic carbocycles. The molecule has 1 aromatic heterocycles. The fourth-order valence-corrected chi connectivity index (χ4v) is 1.47. The van der Waals surface area contributed by atoms with E-state index in [9.17, 15) is 9.90 Å². The lowest BCUT2D eigenvalue weighted by atomic mass is 10.1. The number of pyridine rings is 1. The van der Waals surface area contributed by atoms with Crippen LogP contribution in [-0.4, -0.2) is 9.67 Å². The van der Waals surface area contributed by atoms with Crippen LogP contribution >= 0.6 is 0 Å². The van der Waals surface area contributed by atoms with Crippen molar-refractivity contribution in [3.8, 4) is 11.9 Å². The maximum atomic E-state index is 11.6. The monoisotopic (exact) mass is 206 g/mol. The van der Waals surface area contributed by atoms with Gasteiger partial charge in [0.1, 0.15) is 11.6 Å². The fourth-order valence-electron chi connectivity index (χ4n) is 1.47. The van der Waals surface area contributed by atoms with Crippen molar-refractivity contribution >= 4 is 0 Å². The third kappa shape index (κ3) is 1.86. The number of hydrogen-bond acceptors (Lipinski definition) is 3. The van der Waals surface area contributed by atoms with Crippen molar-refractivity contribution in [3.05, 3.63) is 27.5 Å². The molecular weight excluding hydrogens is 192 g/mol. The first-order valence-electron chi connectivity index (χ1n) is 4.88. The second kappa shape index (κ2) is 4.18. The van der Waals surface area contributed by atoms with Crippen LogP contribution in [0.5, 0.6) is 5.88 Å². The van der Waals surface area contributed by atoms with Crippen molar-refractivity contribution in [2.75, 3.05) is 0 Å². The number of hydrogen-bond donors (Lipinski definition) is 1. The van der Waals surface area contributed by atoms with E-state index >= 15 is 0 Å². The van der Waals surface area contributed by atoms with Gasteiger partial charge in [-0.05, 0) is 25.8 Å². The first-order chi connectivity index (χ1) is 7.02. The maximum Gasteiger partial charge on any atom is 0.253 e. The Kier molecular flexibility index (Phi) is 3.15. The van der Waals surface area contributed by atoms with Crippen molar-refractivity contribution in [1.82, 2.24) is 4.57 Å². The summed E-state index contributed by atoms with van der Waals surface area (Å²) in [5.41, 5.74) is 0.424. The summed E-state index contributed by atoms with van der Waals surface area (Å²) in [6, 6.07) is 3.17. The van der Waals surface area contributed by atoms with Crippen LogP contribution in [0.3, 0.4) is 0 Å². The third-order valence-corrected chi connectivity index (χ3v) is 2.57. The van der Waals surface area contributed by atoms with Crippen LogP contribution in [0, 0.1) is 18.3 Å². The van der Waals surface area contributed by atoms with Gasteiger partial charge >= 0.3 is 0 Å². The molecule has 0 spiro atoms. The molecule has 0 saturated heterocycles. The van der Waals surface area contributed by atoms with E-state index in [-0.39, 0.29) is 23.0 Å². The predicted octanol–water partition coefficient (Wildman–Crippen LogP) is 1.70. The summed E-state index contributed by atoms with van der Waals surface area (Å²) in [5, 5.41) is 18.6. The second-order valence-corrected chi connectivity index (χ2v) is 3.60. The maximum absolute atomic E-state index is 11.6. The van der Waals surface area contributed by atoms with Crippen LogP contribution in [0.25, 0.3) is 0 Å². The van der Waals surface area contributed by atoms with Crippen LogP contribution in [-0.2, 0) is 0 Å². The van der Waals surface area contributed by atoms with Gasteiger partial charge in [0.15, 0.2) is 0 Å². The van der Waals surface area contributed by atoms with Gasteiger partial charge in [-0.25, -0.2) is 0 Å². The lowest BCUT2D eigenvalue weighted by molar-refractivity contribution is 0.372. The van der Waals surface area contributed by atoms with Crippen LogP contribution in [0.2, 0.25) is 0 Å². The molecule has 0 aliphatic rings. The average Bonchev–Trinajstić information content (AvgIpc) is 2.17. The molecule has 1 heterocycles. The lowest BCUT2D eigenvalue weighted by Crippen LogP contribution is -2.23. The summed E-state index contributed by atoms with van der Waals surface area (Å²) in [7, 11) is 0. The van der Waals surface area contributed by atoms with Crippen LogP contribution in [0.15, 0.2) is 10.9 Å². The number of aromatic nitrogens is 1. The van der Waals surface area contributed by atoms with Crippen LogP contribution < -0.4 is 5.56 Å². The van der Waals surface area contributed by atoms with Gasteiger partial charge in [0.2, 0.25) is 5.88 Å². The largest absolute Gasteiger partial charge is 0.493 e. The zero-order valence-corrected chi connectivity index (χ0v) is 9.11. The van der Waals surface area contributed by atoms with E-state index in [1.54, 1.807) is 6.92 Å². The molecule has 0 amide bonds. The Labute approximate surface area is 88.4 Å². The first kappa shape index (κ1) is 11.3. The molecule has 1 unspecified atom stereocenters. The van der Waals surface area contributed by atoms with E-state index in [0.717, 1.165) is 6.42 Å². The van der Waals surface area contributed by atoms with Gasteiger partial charge in [0.25, 0.3) is 5.56 Å². The molecule has 0 aliphatic carbocycles. The smallest absolute Gasteiger partial charge is 0.253 e. The van der Waals surface area contributed by atoms with Crippen molar-refractivity contribution in [2.45, 2.75) is 33.2 Å². The minimum atomic E-state index is -0.265. The highest BCUT2D eigenvalue weighted by Crippen LogP contribution is 2.22. The number of rotatable bonds is 2. The molecule has 0 aliphatic heterocycles. The molecule has 0 saturated carbocycles. The summed E-state index contributed by atoms with van der Waals surface area (Å²) in [5.74, 6) is -0.225. The molecule has 1 rings (SSSR count). The fraction of sp³-hybridized carbons (Fsp3) is 0.455. The van der Waals surface area contributed by atoms with Gasteiger partial charge in [-0.3, -0.25) is 9.36 Å². The molecule has 1 N–H and O–H groups in total. The Balaban J connectivity index is 3.55. The highest BCUT2D eigenvalue weighted by atomic mass is 16.3. The van der Waals surface area contributed by atoms with E-state index in [1.165, 1.54) is 10.6 Å². The molecule has 80 valence electrons. The van der Waals surface area contributed by atoms with E-state index in [2.05, 4.69) is 0 Å². The van der Waals surface area contributed by atoms with E-state index in [4.69, 9.17) is 5.26 Å². The Morgan fingerprint density at radius 2 is 2.27 bits per heavy atom. The molecule has 15 heavy (non-hydrogen) atoms. The predicted molar refractivity (Wildman–Crippen MR) is 56.8 cm³/mol. The Morgan fingerprint density at radius 3 is 2.73 bits per heavy atom. The first-order valence-corrected chi connectivity index (χ1v) is 4.88. The molecular formula is C11H14N2O2. The number of aryl methyl sites for hydroxylation is 1. The normalized spacial score (nSPS) is 12.1. The second-order valence-electron chi connectivity index (χ2n) is 3.60. The van der Waals surface area contributed by atoms with Gasteiger partial charge in [-0.1, -0.05) is 6.92 Å². The average molecular weight is 206 g/mol. The minimum absolute atomic E-state index is 0.106. The Morgan fingerprint density at radius 1 is 1.67 bits per heavy atom. The molecule has 1 atom stereocenters. The van der Waals surface area contributed by atoms with Crippen molar-refractivity contribution in [1.29, 1.82) is 5.26 Å². The van der Waals surface area contributed by atoms with Crippen molar-refractivity contribution in [2.24, 2.45) is 0 Å². The van der Waals surface area contributed by atoms with E-state index < -0.39 is 0 Å². The SMILES string of the molecule is CCC(C)n1c(O)c(C#N)c(C)cc1=O. The zero-order chi connectivity index (χ0) is 11.6. The van der Waals surface area contributed by atoms with Crippen molar-refractivity contribution in [3.63, 3.8) is 0 Å². The molecule has 4 heteroatoms. The summed E-state index contributed by atoms with van der Waals surface area (Å²) in [6.07, 6.45) is 0.724. The van der Waals surface area contributed by atoms with Gasteiger partial charge in [-0.15, -0.1) is 0 Å². The summed E-state index contributed by atoms with van der Waals surface area (Å²) < 4.78 is 1.26. The highest BCUT2D eigenvalue weighted by Gasteiger charge is 2.15. The van der Waals surface area contributed by atoms with Crippen LogP contribution in [0.1, 0.15) is 37.4 Å². The molecule has 0 fully saturated rings. The molecule has 4 nitrogen and oxygen atoms in total. The minimum Gasteiger partial charge on any atom is -0.493 e. The van der Waals surface area contributed by atoms with Crippen LogP contribution in [0.4, 0.5) is 0 Å². The number of nitriles is 1. The van der Waals surface area contributed by atoms with Gasteiger partial charge in [0.05, 0.1) is 0 Å². The summed E-state index contributed by atoms with van der Waals surface area (Å²) in [4.78, 5) is 11.6. The third-order valence-electron chi connectivity index (χ3n) is 2.57. The molecule has 0 bridgehead atoms. The summed E-state index contributed by atoms with van der Waals surface area (Å²) in [6.45, 7) is 5.39. The quantitative estimate of drug-likeness (QED) is 0.800. The van der Waals surface area contributed by atoms with Gasteiger partial charge in [0, 0.05) is 12.1 Å². The lowest BCUT2D eigenvalue weighted by Gasteiger charge is -2.16. The Bertz CT molecular complexity index is 469. The number of aromatic hydroxyl groups is 1. The topological polar surface area (TPSA) is 66.0 Å². The van der Waals surface area contributed by atoms with Gasteiger partial charge in [-0.2, -0.15) is 5.26 Å². The highest BCUT2D eigenvalue weighted by molar-refractivity contribution is 5.43. The molecule has 0 radical (unpaired) electrons. The van der Waals surface area contributed by atoms with E-state index in [0.29, 0.717) is 5.56 Å². The zero-order valence-electron chi connectivity index (χ0n) is 9.11. The van der Waals surface area contributed by atoms with Crippen molar-refractivity contribution < 1.29 is 5.11 Å². The standard InChI is InChI=1S/C11H14N2O2/c1-4-8(3)13-10(14)5-7(2)9(6-12)11(13)15/h5,8,15H,4H2,1-3H3. The van der Waals surface area contributed by atoms with Gasteiger partial charge < -0.3 is 5.11 Å². The van der Waals surface area contributed by atoms with E-state index in [1.807, 2.05) is 19.9 Å². The number of nitrogens with zero attached hydrogens (tertiary/aromatic N) is 2. The molecule has 1 aromatic rings. The summed E-state index contributed by atoms with van der Waals surface area (Å²) >= 11 is 0.